The molecular weight excluding hydrogens is 388 g/mol. The smallest absolute Gasteiger partial charge is 0.417 e. The van der Waals surface area contributed by atoms with Crippen molar-refractivity contribution in [2.24, 2.45) is 0 Å². The summed E-state index contributed by atoms with van der Waals surface area (Å²) in [5, 5.41) is 15.6. The third-order valence-electron chi connectivity index (χ3n) is 4.12. The average Bonchev–Trinajstić information content (AvgIpc) is 3.09. The molecule has 0 aliphatic carbocycles. The minimum absolute atomic E-state index is 0.175. The number of rotatable bonds is 7. The first-order valence-electron chi connectivity index (χ1n) is 9.24. The van der Waals surface area contributed by atoms with E-state index in [0.29, 0.717) is 34.4 Å². The summed E-state index contributed by atoms with van der Waals surface area (Å²) >= 11 is 0. The second kappa shape index (κ2) is 8.21. The number of aromatic amines is 1. The molecule has 4 N–H and O–H groups in total. The summed E-state index contributed by atoms with van der Waals surface area (Å²) in [7, 11) is 0. The molecule has 1 aromatic carbocycles. The molecule has 0 spiro atoms. The van der Waals surface area contributed by atoms with Crippen LogP contribution < -0.4 is 21.1 Å². The van der Waals surface area contributed by atoms with Crippen LogP contribution in [0.5, 0.6) is 5.88 Å². The lowest BCUT2D eigenvalue weighted by Crippen LogP contribution is -2.13. The normalized spacial score (nSPS) is 12.0. The van der Waals surface area contributed by atoms with Gasteiger partial charge in [-0.25, -0.2) is 14.8 Å². The van der Waals surface area contributed by atoms with E-state index in [1.165, 1.54) is 0 Å². The number of ether oxygens (including phenoxy) is 1. The van der Waals surface area contributed by atoms with Gasteiger partial charge in [-0.2, -0.15) is 4.98 Å². The number of nitrogens with one attached hydrogen (secondary N) is 3. The zero-order valence-corrected chi connectivity index (χ0v) is 16.3. The summed E-state index contributed by atoms with van der Waals surface area (Å²) in [6.07, 6.45) is 2.73. The number of hydrogen-bond donors (Lipinski definition) is 4. The second-order valence-electron chi connectivity index (χ2n) is 6.75. The zero-order valence-electron chi connectivity index (χ0n) is 16.3. The Kier molecular flexibility index (Phi) is 5.31. The predicted molar refractivity (Wildman–Crippen MR) is 112 cm³/mol. The lowest BCUT2D eigenvalue weighted by atomic mass is 10.2. The monoisotopic (exact) mass is 408 g/mol. The molecule has 10 nitrogen and oxygen atoms in total. The molecule has 1 atom stereocenters. The van der Waals surface area contributed by atoms with Crippen LogP contribution in [0.3, 0.4) is 0 Å². The quantitative estimate of drug-likeness (QED) is 0.363. The van der Waals surface area contributed by atoms with E-state index in [1.807, 2.05) is 6.92 Å². The van der Waals surface area contributed by atoms with Gasteiger partial charge in [-0.3, -0.25) is 4.98 Å². The fraction of sp³-hybridized carbons (Fsp3) is 0.200. The Morgan fingerprint density at radius 3 is 2.77 bits per heavy atom. The molecule has 0 aliphatic heterocycles. The molecule has 0 saturated heterocycles. The molecule has 154 valence electrons. The van der Waals surface area contributed by atoms with Crippen molar-refractivity contribution in [3.63, 3.8) is 0 Å². The molecule has 3 aromatic heterocycles. The molecule has 30 heavy (non-hydrogen) atoms. The van der Waals surface area contributed by atoms with Crippen LogP contribution in [0.1, 0.15) is 12.5 Å². The number of aliphatic hydroxyl groups excluding tert-OH is 1. The van der Waals surface area contributed by atoms with Gasteiger partial charge in [-0.15, -0.1) is 0 Å². The molecule has 0 radical (unpaired) electrons. The summed E-state index contributed by atoms with van der Waals surface area (Å²) in [6.45, 7) is 3.71. The van der Waals surface area contributed by atoms with Gasteiger partial charge < -0.3 is 24.9 Å². The number of fused-ring (bicyclic) bond motifs is 1. The Morgan fingerprint density at radius 1 is 1.17 bits per heavy atom. The number of aliphatic hydroxyl groups is 1. The van der Waals surface area contributed by atoms with Crippen molar-refractivity contribution >= 4 is 34.2 Å². The maximum Gasteiger partial charge on any atom is 0.417 e. The molecule has 0 fully saturated rings. The minimum atomic E-state index is -0.564. The second-order valence-corrected chi connectivity index (χ2v) is 6.75. The van der Waals surface area contributed by atoms with Gasteiger partial charge in [0.25, 0.3) is 0 Å². The van der Waals surface area contributed by atoms with E-state index in [-0.39, 0.29) is 6.61 Å². The Labute approximate surface area is 171 Å². The molecule has 0 bridgehead atoms. The number of aromatic nitrogens is 4. The van der Waals surface area contributed by atoms with E-state index in [0.717, 1.165) is 11.3 Å². The summed E-state index contributed by atoms with van der Waals surface area (Å²) in [6, 6.07) is 8.75. The van der Waals surface area contributed by atoms with E-state index < -0.39 is 11.9 Å². The zero-order chi connectivity index (χ0) is 21.1. The maximum absolute atomic E-state index is 11.3. The minimum Gasteiger partial charge on any atom is -0.475 e. The Balaban J connectivity index is 1.49. The predicted octanol–water partition coefficient (Wildman–Crippen LogP) is 2.86. The van der Waals surface area contributed by atoms with Gasteiger partial charge in [0.15, 0.2) is 5.58 Å². The molecule has 10 heteroatoms. The third-order valence-corrected chi connectivity index (χ3v) is 4.12. The third kappa shape index (κ3) is 4.55. The van der Waals surface area contributed by atoms with Crippen molar-refractivity contribution in [3.05, 3.63) is 58.8 Å². The van der Waals surface area contributed by atoms with Crippen molar-refractivity contribution in [3.8, 4) is 5.88 Å². The standard InChI is InChI=1S/C20H20N6O4/c1-11-8-22-19(24-14-4-6-17(21-9-14)29-10-12(2)27)26-18(11)23-13-3-5-16-15(7-13)25-20(28)30-16/h3-9,12,27H,10H2,1-2H3,(H,25,28)(H2,22,23,24,26). The van der Waals surface area contributed by atoms with Gasteiger partial charge in [0, 0.05) is 23.5 Å². The number of oxazole rings is 1. The topological polar surface area (TPSA) is 138 Å². The van der Waals surface area contributed by atoms with Crippen molar-refractivity contribution in [2.75, 3.05) is 17.2 Å². The highest BCUT2D eigenvalue weighted by Crippen LogP contribution is 2.23. The van der Waals surface area contributed by atoms with E-state index in [4.69, 9.17) is 9.15 Å². The number of nitrogens with zero attached hydrogens (tertiary/aromatic N) is 3. The van der Waals surface area contributed by atoms with Crippen LogP contribution in [-0.4, -0.2) is 37.8 Å². The number of benzene rings is 1. The largest absolute Gasteiger partial charge is 0.475 e. The first-order valence-corrected chi connectivity index (χ1v) is 9.24. The number of anilines is 4. The summed E-state index contributed by atoms with van der Waals surface area (Å²) in [5.41, 5.74) is 3.36. The van der Waals surface area contributed by atoms with Gasteiger partial charge in [-0.1, -0.05) is 0 Å². The Hall–Kier alpha value is -3.92. The fourth-order valence-electron chi connectivity index (χ4n) is 2.67. The molecule has 0 aliphatic rings. The molecule has 4 rings (SSSR count). The van der Waals surface area contributed by atoms with E-state index in [2.05, 4.69) is 30.6 Å². The van der Waals surface area contributed by atoms with Gasteiger partial charge in [0.1, 0.15) is 12.4 Å². The lowest BCUT2D eigenvalue weighted by molar-refractivity contribution is 0.120. The van der Waals surface area contributed by atoms with Crippen molar-refractivity contribution in [1.29, 1.82) is 0 Å². The number of aryl methyl sites for hydroxylation is 1. The molecule has 4 aromatic rings. The van der Waals surface area contributed by atoms with Crippen LogP contribution in [0.15, 0.2) is 51.9 Å². The highest BCUT2D eigenvalue weighted by molar-refractivity contribution is 5.78. The van der Waals surface area contributed by atoms with Crippen LogP contribution in [-0.2, 0) is 0 Å². The summed E-state index contributed by atoms with van der Waals surface area (Å²) in [5.74, 6) is 0.923. The molecule has 0 saturated carbocycles. The number of pyridine rings is 1. The van der Waals surface area contributed by atoms with Gasteiger partial charge >= 0.3 is 5.76 Å². The molecular formula is C20H20N6O4. The van der Waals surface area contributed by atoms with Crippen LogP contribution in [0.25, 0.3) is 11.1 Å². The highest BCUT2D eigenvalue weighted by Gasteiger charge is 2.08. The fourth-order valence-corrected chi connectivity index (χ4v) is 2.67. The van der Waals surface area contributed by atoms with E-state index >= 15 is 0 Å². The van der Waals surface area contributed by atoms with Gasteiger partial charge in [0.05, 0.1) is 23.5 Å². The van der Waals surface area contributed by atoms with Crippen molar-refractivity contribution in [1.82, 2.24) is 19.9 Å². The highest BCUT2D eigenvalue weighted by atomic mass is 16.5. The van der Waals surface area contributed by atoms with Crippen LogP contribution in [0.2, 0.25) is 0 Å². The Morgan fingerprint density at radius 2 is 2.00 bits per heavy atom. The maximum atomic E-state index is 11.3. The van der Waals surface area contributed by atoms with Gasteiger partial charge in [-0.05, 0) is 38.1 Å². The molecule has 1 unspecified atom stereocenters. The number of hydrogen-bond acceptors (Lipinski definition) is 9. The Bertz CT molecular complexity index is 1220. The van der Waals surface area contributed by atoms with E-state index in [9.17, 15) is 9.90 Å². The van der Waals surface area contributed by atoms with Crippen LogP contribution in [0, 0.1) is 6.92 Å². The van der Waals surface area contributed by atoms with Crippen molar-refractivity contribution in [2.45, 2.75) is 20.0 Å². The van der Waals surface area contributed by atoms with Gasteiger partial charge in [0.2, 0.25) is 11.8 Å². The first kappa shape index (κ1) is 19.4. The molecule has 3 heterocycles. The number of H-pyrrole nitrogens is 1. The lowest BCUT2D eigenvalue weighted by Gasteiger charge is -2.11. The average molecular weight is 408 g/mol. The van der Waals surface area contributed by atoms with E-state index in [1.54, 1.807) is 49.6 Å². The summed E-state index contributed by atoms with van der Waals surface area (Å²) in [4.78, 5) is 26.9. The molecule has 0 amide bonds. The summed E-state index contributed by atoms with van der Waals surface area (Å²) < 4.78 is 10.4. The van der Waals surface area contributed by atoms with Crippen LogP contribution >= 0.6 is 0 Å². The first-order chi connectivity index (χ1) is 14.5. The van der Waals surface area contributed by atoms with Crippen LogP contribution in [0.4, 0.5) is 23.1 Å². The van der Waals surface area contributed by atoms with Crippen molar-refractivity contribution < 1.29 is 14.3 Å². The SMILES string of the molecule is Cc1cnc(Nc2ccc(OCC(C)O)nc2)nc1Nc1ccc2oc(=O)[nH]c2c1.